The fraction of sp³-hybridized carbons (Fsp3) is 0.647. The molecule has 3 nitrogen and oxygen atoms in total. The number of benzene rings is 1. The molecule has 0 saturated carbocycles. The van der Waals surface area contributed by atoms with Crippen molar-refractivity contribution in [1.29, 1.82) is 0 Å². The number of hydrogen-bond donors (Lipinski definition) is 0. The van der Waals surface area contributed by atoms with Crippen molar-refractivity contribution in [3.05, 3.63) is 29.8 Å². The number of anilines is 1. The number of rotatable bonds is 4. The van der Waals surface area contributed by atoms with Crippen molar-refractivity contribution in [3.8, 4) is 0 Å². The quantitative estimate of drug-likeness (QED) is 0.848. The Morgan fingerprint density at radius 2 is 1.86 bits per heavy atom. The van der Waals surface area contributed by atoms with Gasteiger partial charge in [-0.3, -0.25) is 0 Å². The molecule has 116 valence electrons. The lowest BCUT2D eigenvalue weighted by Crippen LogP contribution is -2.36. The molecule has 1 unspecified atom stereocenters. The second-order valence-electron chi connectivity index (χ2n) is 6.06. The zero-order valence-electron chi connectivity index (χ0n) is 13.0. The van der Waals surface area contributed by atoms with E-state index < -0.39 is 0 Å². The van der Waals surface area contributed by atoms with Gasteiger partial charge in [0.15, 0.2) is 0 Å². The molecule has 0 N–H and O–H groups in total. The molecule has 1 aromatic carbocycles. The van der Waals surface area contributed by atoms with Gasteiger partial charge >= 0.3 is 0 Å². The van der Waals surface area contributed by atoms with Gasteiger partial charge in [-0.2, -0.15) is 0 Å². The number of nitrogens with zero attached hydrogens (tertiary/aromatic N) is 1. The number of ether oxygens (including phenoxy) is 2. The van der Waals surface area contributed by atoms with E-state index in [4.69, 9.17) is 9.47 Å². The van der Waals surface area contributed by atoms with Gasteiger partial charge in [0.05, 0.1) is 19.3 Å². The Bertz CT molecular complexity index is 435. The molecular formula is C17H25NO2S. The summed E-state index contributed by atoms with van der Waals surface area (Å²) in [4.78, 5) is 2.39. The van der Waals surface area contributed by atoms with Gasteiger partial charge in [0.2, 0.25) is 0 Å². The average Bonchev–Trinajstić information content (AvgIpc) is 2.85. The maximum absolute atomic E-state index is 5.96. The number of hydrogen-bond acceptors (Lipinski definition) is 4. The Morgan fingerprint density at radius 1 is 1.14 bits per heavy atom. The first-order chi connectivity index (χ1) is 10.2. The normalized spacial score (nSPS) is 29.8. The summed E-state index contributed by atoms with van der Waals surface area (Å²) in [5.41, 5.74) is 3.06. The fourth-order valence-corrected chi connectivity index (χ4v) is 4.11. The van der Waals surface area contributed by atoms with Crippen molar-refractivity contribution in [2.75, 3.05) is 31.2 Å². The predicted molar refractivity (Wildman–Crippen MR) is 88.9 cm³/mol. The summed E-state index contributed by atoms with van der Waals surface area (Å²) < 4.78 is 11.4. The molecule has 0 aromatic heterocycles. The van der Waals surface area contributed by atoms with Gasteiger partial charge in [-0.15, -0.1) is 11.8 Å². The van der Waals surface area contributed by atoms with Crippen molar-refractivity contribution in [2.45, 2.75) is 37.6 Å². The van der Waals surface area contributed by atoms with E-state index in [-0.39, 0.29) is 0 Å². The molecule has 4 heteroatoms. The lowest BCUT2D eigenvalue weighted by molar-refractivity contribution is 0.0922. The lowest BCUT2D eigenvalue weighted by atomic mass is 10.1. The van der Waals surface area contributed by atoms with Crippen molar-refractivity contribution < 1.29 is 9.47 Å². The smallest absolute Gasteiger partial charge is 0.104 e. The molecule has 0 amide bonds. The highest BCUT2D eigenvalue weighted by atomic mass is 32.2. The van der Waals surface area contributed by atoms with Crippen LogP contribution in [0.15, 0.2) is 24.3 Å². The molecule has 0 radical (unpaired) electrons. The van der Waals surface area contributed by atoms with E-state index in [1.54, 1.807) is 0 Å². The van der Waals surface area contributed by atoms with Crippen LogP contribution in [0.3, 0.4) is 0 Å². The molecule has 2 aliphatic heterocycles. The van der Waals surface area contributed by atoms with Gasteiger partial charge in [-0.25, -0.2) is 0 Å². The zero-order valence-corrected chi connectivity index (χ0v) is 13.8. The van der Waals surface area contributed by atoms with Crippen LogP contribution in [0.5, 0.6) is 0 Å². The van der Waals surface area contributed by atoms with Gasteiger partial charge in [0, 0.05) is 24.5 Å². The molecule has 0 bridgehead atoms. The zero-order chi connectivity index (χ0) is 14.7. The van der Waals surface area contributed by atoms with Crippen molar-refractivity contribution >= 4 is 17.4 Å². The Hall–Kier alpha value is -0.710. The standard InChI is InChI=1S/C17H25NO2S/c1-13-11-17(20-14(13)2)21-12-15-3-5-16(6-4-15)18-7-9-19-10-8-18/h3-6,13-14,17H,7-12H2,1-2H3/t13-,14+,17?/m1/s1. The largest absolute Gasteiger partial charge is 0.378 e. The Kier molecular flexibility index (Phi) is 5.09. The summed E-state index contributed by atoms with van der Waals surface area (Å²) in [5.74, 6) is 1.72. The molecule has 1 aromatic rings. The maximum atomic E-state index is 5.96. The van der Waals surface area contributed by atoms with Crippen LogP contribution in [0.2, 0.25) is 0 Å². The van der Waals surface area contributed by atoms with E-state index in [1.165, 1.54) is 17.7 Å². The first-order valence-corrected chi connectivity index (χ1v) is 8.96. The number of thioether (sulfide) groups is 1. The topological polar surface area (TPSA) is 21.7 Å². The molecule has 2 aliphatic rings. The summed E-state index contributed by atoms with van der Waals surface area (Å²) in [6, 6.07) is 8.98. The van der Waals surface area contributed by atoms with E-state index in [0.717, 1.165) is 32.1 Å². The maximum Gasteiger partial charge on any atom is 0.104 e. The molecule has 0 spiro atoms. The molecule has 2 fully saturated rings. The van der Waals surface area contributed by atoms with Crippen molar-refractivity contribution in [1.82, 2.24) is 0 Å². The Labute approximate surface area is 132 Å². The summed E-state index contributed by atoms with van der Waals surface area (Å²) in [5, 5.41) is 0. The molecule has 3 rings (SSSR count). The third-order valence-electron chi connectivity index (χ3n) is 4.48. The third kappa shape index (κ3) is 3.93. The van der Waals surface area contributed by atoms with Gasteiger partial charge < -0.3 is 14.4 Å². The van der Waals surface area contributed by atoms with Crippen LogP contribution in [0.4, 0.5) is 5.69 Å². The lowest BCUT2D eigenvalue weighted by Gasteiger charge is -2.28. The van der Waals surface area contributed by atoms with Crippen LogP contribution in [-0.2, 0) is 15.2 Å². The van der Waals surface area contributed by atoms with E-state index >= 15 is 0 Å². The van der Waals surface area contributed by atoms with Crippen LogP contribution in [-0.4, -0.2) is 37.8 Å². The van der Waals surface area contributed by atoms with E-state index in [1.807, 2.05) is 11.8 Å². The average molecular weight is 307 g/mol. The first-order valence-electron chi connectivity index (χ1n) is 7.91. The summed E-state index contributed by atoms with van der Waals surface area (Å²) in [6.07, 6.45) is 1.59. The van der Waals surface area contributed by atoms with E-state index in [9.17, 15) is 0 Å². The second-order valence-corrected chi connectivity index (χ2v) is 7.21. The molecule has 2 heterocycles. The van der Waals surface area contributed by atoms with Gasteiger partial charge in [-0.1, -0.05) is 19.1 Å². The monoisotopic (exact) mass is 307 g/mol. The van der Waals surface area contributed by atoms with Gasteiger partial charge in [-0.05, 0) is 37.0 Å². The van der Waals surface area contributed by atoms with Crippen LogP contribution >= 0.6 is 11.8 Å². The minimum atomic E-state index is 0.369. The SMILES string of the molecule is C[C@@H]1CC(SCc2ccc(N3CCOCC3)cc2)O[C@H]1C. The second kappa shape index (κ2) is 7.03. The minimum absolute atomic E-state index is 0.369. The summed E-state index contributed by atoms with van der Waals surface area (Å²) in [6.45, 7) is 8.14. The van der Waals surface area contributed by atoms with Crippen LogP contribution in [0, 0.1) is 5.92 Å². The fourth-order valence-electron chi connectivity index (χ4n) is 2.85. The highest BCUT2D eigenvalue weighted by Gasteiger charge is 2.28. The minimum Gasteiger partial charge on any atom is -0.378 e. The van der Waals surface area contributed by atoms with E-state index in [0.29, 0.717) is 17.5 Å². The summed E-state index contributed by atoms with van der Waals surface area (Å²) >= 11 is 1.93. The van der Waals surface area contributed by atoms with Crippen molar-refractivity contribution in [2.24, 2.45) is 5.92 Å². The van der Waals surface area contributed by atoms with Gasteiger partial charge in [0.25, 0.3) is 0 Å². The first kappa shape index (κ1) is 15.2. The molecule has 2 saturated heterocycles. The predicted octanol–water partition coefficient (Wildman–Crippen LogP) is 3.53. The van der Waals surface area contributed by atoms with Gasteiger partial charge in [0.1, 0.15) is 5.44 Å². The van der Waals surface area contributed by atoms with Crippen molar-refractivity contribution in [3.63, 3.8) is 0 Å². The molecule has 3 atom stereocenters. The number of morpholine rings is 1. The van der Waals surface area contributed by atoms with Crippen LogP contribution in [0.1, 0.15) is 25.8 Å². The third-order valence-corrected chi connectivity index (χ3v) is 5.66. The van der Waals surface area contributed by atoms with Crippen LogP contribution in [0.25, 0.3) is 0 Å². The van der Waals surface area contributed by atoms with Crippen LogP contribution < -0.4 is 4.90 Å². The highest BCUT2D eigenvalue weighted by Crippen LogP contribution is 2.34. The molecule has 0 aliphatic carbocycles. The molecule has 21 heavy (non-hydrogen) atoms. The summed E-state index contributed by atoms with van der Waals surface area (Å²) in [7, 11) is 0. The Balaban J connectivity index is 1.50. The highest BCUT2D eigenvalue weighted by molar-refractivity contribution is 7.99. The Morgan fingerprint density at radius 3 is 2.48 bits per heavy atom. The molecular weight excluding hydrogens is 282 g/mol. The van der Waals surface area contributed by atoms with E-state index in [2.05, 4.69) is 43.0 Å².